The number of carbonyl (C=O) groups excluding carboxylic acids is 2. The highest BCUT2D eigenvalue weighted by Crippen LogP contribution is 2.18. The Bertz CT molecular complexity index is 922. The van der Waals surface area contributed by atoms with Crippen LogP contribution < -0.4 is 10.1 Å². The van der Waals surface area contributed by atoms with Crippen molar-refractivity contribution in [3.05, 3.63) is 95.0 Å². The van der Waals surface area contributed by atoms with Crippen molar-refractivity contribution in [1.82, 2.24) is 0 Å². The molecule has 0 saturated carbocycles. The van der Waals surface area contributed by atoms with Crippen LogP contribution in [0.5, 0.6) is 5.75 Å². The summed E-state index contributed by atoms with van der Waals surface area (Å²) in [5.74, 6) is 0.427. The maximum absolute atomic E-state index is 12.1. The van der Waals surface area contributed by atoms with E-state index < -0.39 is 0 Å². The maximum Gasteiger partial charge on any atom is 0.224 e. The number of hydrogen-bond donors (Lipinski definition) is 1. The van der Waals surface area contributed by atoms with E-state index in [1.54, 1.807) is 48.5 Å². The number of amides is 1. The lowest BCUT2D eigenvalue weighted by Gasteiger charge is -2.08. The lowest BCUT2D eigenvalue weighted by Crippen LogP contribution is -2.13. The Hall–Kier alpha value is -3.11. The van der Waals surface area contributed by atoms with Crippen LogP contribution in [-0.2, 0) is 11.4 Å². The van der Waals surface area contributed by atoms with Gasteiger partial charge in [0.25, 0.3) is 0 Å². The van der Waals surface area contributed by atoms with Gasteiger partial charge in [0.15, 0.2) is 5.78 Å². The van der Waals surface area contributed by atoms with Crippen LogP contribution in [0, 0.1) is 0 Å². The number of ketones is 1. The number of nitrogens with one attached hydrogen (secondary N) is 1. The fraction of sp³-hybridized carbons (Fsp3) is 0.130. The topological polar surface area (TPSA) is 55.4 Å². The highest BCUT2D eigenvalue weighted by molar-refractivity contribution is 6.30. The van der Waals surface area contributed by atoms with Gasteiger partial charge in [-0.1, -0.05) is 41.9 Å². The molecule has 0 bridgehead atoms. The van der Waals surface area contributed by atoms with E-state index in [1.807, 2.05) is 30.3 Å². The third kappa shape index (κ3) is 5.96. The summed E-state index contributed by atoms with van der Waals surface area (Å²) in [6.45, 7) is 0.485. The summed E-state index contributed by atoms with van der Waals surface area (Å²) in [6.07, 6.45) is 0.263. The first-order chi connectivity index (χ1) is 13.6. The van der Waals surface area contributed by atoms with E-state index in [2.05, 4.69) is 5.32 Å². The van der Waals surface area contributed by atoms with Crippen LogP contribution in [0.25, 0.3) is 0 Å². The van der Waals surface area contributed by atoms with E-state index >= 15 is 0 Å². The second kappa shape index (κ2) is 9.72. The first kappa shape index (κ1) is 19.6. The van der Waals surface area contributed by atoms with Gasteiger partial charge in [-0.2, -0.15) is 0 Å². The zero-order valence-corrected chi connectivity index (χ0v) is 16.0. The Morgan fingerprint density at radius 2 is 1.50 bits per heavy atom. The molecule has 0 aliphatic heterocycles. The van der Waals surface area contributed by atoms with Gasteiger partial charge in [0.05, 0.1) is 0 Å². The Labute approximate surface area is 169 Å². The third-order valence-electron chi connectivity index (χ3n) is 4.13. The third-order valence-corrected chi connectivity index (χ3v) is 4.38. The van der Waals surface area contributed by atoms with E-state index in [0.29, 0.717) is 22.9 Å². The molecule has 3 rings (SSSR count). The molecule has 0 spiro atoms. The van der Waals surface area contributed by atoms with Crippen LogP contribution in [0.2, 0.25) is 5.02 Å². The number of Topliss-reactive ketones (excluding diaryl/α,β-unsaturated/α-hetero) is 1. The van der Waals surface area contributed by atoms with Crippen LogP contribution in [-0.4, -0.2) is 11.7 Å². The summed E-state index contributed by atoms with van der Waals surface area (Å²) in [7, 11) is 0. The molecule has 4 nitrogen and oxygen atoms in total. The van der Waals surface area contributed by atoms with E-state index in [-0.39, 0.29) is 24.5 Å². The van der Waals surface area contributed by atoms with Gasteiger partial charge in [0.2, 0.25) is 5.91 Å². The van der Waals surface area contributed by atoms with Crippen LogP contribution in [0.15, 0.2) is 78.9 Å². The van der Waals surface area contributed by atoms with Crippen molar-refractivity contribution < 1.29 is 14.3 Å². The first-order valence-electron chi connectivity index (χ1n) is 8.95. The highest BCUT2D eigenvalue weighted by Gasteiger charge is 2.10. The molecule has 0 aliphatic rings. The second-order valence-corrected chi connectivity index (χ2v) is 6.71. The number of carbonyl (C=O) groups is 2. The maximum atomic E-state index is 12.1. The largest absolute Gasteiger partial charge is 0.489 e. The predicted molar refractivity (Wildman–Crippen MR) is 111 cm³/mol. The smallest absolute Gasteiger partial charge is 0.224 e. The number of hydrogen-bond acceptors (Lipinski definition) is 3. The van der Waals surface area contributed by atoms with Crippen LogP contribution in [0.4, 0.5) is 5.69 Å². The molecular formula is C23H20ClNO3. The van der Waals surface area contributed by atoms with Crippen molar-refractivity contribution >= 4 is 29.0 Å². The van der Waals surface area contributed by atoms with Crippen molar-refractivity contribution in [3.8, 4) is 5.75 Å². The molecule has 0 saturated heterocycles. The van der Waals surface area contributed by atoms with Crippen LogP contribution in [0.3, 0.4) is 0 Å². The zero-order valence-electron chi connectivity index (χ0n) is 15.2. The quantitative estimate of drug-likeness (QED) is 0.512. The molecule has 0 aliphatic carbocycles. The number of rotatable bonds is 8. The van der Waals surface area contributed by atoms with Crippen molar-refractivity contribution in [2.75, 3.05) is 5.32 Å². The van der Waals surface area contributed by atoms with E-state index in [1.165, 1.54) is 0 Å². The summed E-state index contributed by atoms with van der Waals surface area (Å²) >= 11 is 5.81. The Balaban J connectivity index is 1.45. The minimum absolute atomic E-state index is 0.0866. The predicted octanol–water partition coefficient (Wildman–Crippen LogP) is 5.52. The summed E-state index contributed by atoms with van der Waals surface area (Å²) < 4.78 is 5.72. The lowest BCUT2D eigenvalue weighted by molar-refractivity contribution is -0.116. The number of anilines is 1. The first-order valence-corrected chi connectivity index (χ1v) is 9.33. The molecule has 1 amide bonds. The van der Waals surface area contributed by atoms with E-state index in [4.69, 9.17) is 16.3 Å². The summed E-state index contributed by atoms with van der Waals surface area (Å²) in [5, 5.41) is 3.37. The fourth-order valence-electron chi connectivity index (χ4n) is 2.61. The Morgan fingerprint density at radius 3 is 2.18 bits per heavy atom. The minimum Gasteiger partial charge on any atom is -0.489 e. The number of halogens is 1. The molecule has 0 aromatic heterocycles. The van der Waals surface area contributed by atoms with Gasteiger partial charge < -0.3 is 10.1 Å². The summed E-state index contributed by atoms with van der Waals surface area (Å²) in [4.78, 5) is 24.2. The van der Waals surface area contributed by atoms with Crippen molar-refractivity contribution in [3.63, 3.8) is 0 Å². The van der Waals surface area contributed by atoms with Gasteiger partial charge in [0.1, 0.15) is 12.4 Å². The molecule has 1 N–H and O–H groups in total. The van der Waals surface area contributed by atoms with Gasteiger partial charge >= 0.3 is 0 Å². The van der Waals surface area contributed by atoms with E-state index in [9.17, 15) is 9.59 Å². The monoisotopic (exact) mass is 393 g/mol. The Kier molecular flexibility index (Phi) is 6.82. The van der Waals surface area contributed by atoms with Crippen molar-refractivity contribution in [2.24, 2.45) is 0 Å². The molecular weight excluding hydrogens is 374 g/mol. The Morgan fingerprint density at radius 1 is 0.821 bits per heavy atom. The molecule has 28 heavy (non-hydrogen) atoms. The molecule has 0 fully saturated rings. The number of ether oxygens (including phenoxy) is 1. The normalized spacial score (nSPS) is 10.3. The number of benzene rings is 3. The summed E-state index contributed by atoms with van der Waals surface area (Å²) in [6, 6.07) is 23.7. The van der Waals surface area contributed by atoms with Gasteiger partial charge in [0, 0.05) is 29.1 Å². The van der Waals surface area contributed by atoms with Crippen molar-refractivity contribution in [2.45, 2.75) is 19.4 Å². The van der Waals surface area contributed by atoms with Gasteiger partial charge in [-0.3, -0.25) is 9.59 Å². The average molecular weight is 394 g/mol. The fourth-order valence-corrected chi connectivity index (χ4v) is 2.73. The molecule has 0 atom stereocenters. The minimum atomic E-state index is -0.208. The summed E-state index contributed by atoms with van der Waals surface area (Å²) in [5.41, 5.74) is 2.30. The van der Waals surface area contributed by atoms with E-state index in [0.717, 1.165) is 11.3 Å². The molecule has 0 unspecified atom stereocenters. The van der Waals surface area contributed by atoms with Gasteiger partial charge in [-0.15, -0.1) is 0 Å². The molecule has 0 radical (unpaired) electrons. The van der Waals surface area contributed by atoms with Gasteiger partial charge in [-0.05, 0) is 54.1 Å². The lowest BCUT2D eigenvalue weighted by atomic mass is 10.1. The van der Waals surface area contributed by atoms with Crippen LogP contribution >= 0.6 is 11.6 Å². The highest BCUT2D eigenvalue weighted by atomic mass is 35.5. The molecule has 0 heterocycles. The molecule has 142 valence electrons. The standard InChI is InChI=1S/C23H20ClNO3/c24-19-8-6-18(7-9-19)22(26)14-15-23(27)25-20-10-12-21(13-11-20)28-16-17-4-2-1-3-5-17/h1-13H,14-16H2,(H,25,27). The molecule has 5 heteroatoms. The SMILES string of the molecule is O=C(CCC(=O)c1ccc(Cl)cc1)Nc1ccc(OCc2ccccc2)cc1. The van der Waals surface area contributed by atoms with Gasteiger partial charge in [-0.25, -0.2) is 0 Å². The molecule has 3 aromatic carbocycles. The molecule has 3 aromatic rings. The zero-order chi connectivity index (χ0) is 19.8. The second-order valence-electron chi connectivity index (χ2n) is 6.28. The van der Waals surface area contributed by atoms with Crippen LogP contribution in [0.1, 0.15) is 28.8 Å². The average Bonchev–Trinajstić information content (AvgIpc) is 2.73. The van der Waals surface area contributed by atoms with Crippen molar-refractivity contribution in [1.29, 1.82) is 0 Å².